The first-order valence-corrected chi connectivity index (χ1v) is 9.71. The molecule has 1 atom stereocenters. The van der Waals surface area contributed by atoms with E-state index in [4.69, 9.17) is 9.47 Å². The summed E-state index contributed by atoms with van der Waals surface area (Å²) < 4.78 is 24.2. The number of hydrogen-bond donors (Lipinski definition) is 1. The third kappa shape index (κ3) is 4.45. The summed E-state index contributed by atoms with van der Waals surface area (Å²) in [7, 11) is 1.57. The van der Waals surface area contributed by atoms with Crippen molar-refractivity contribution < 1.29 is 23.5 Å². The van der Waals surface area contributed by atoms with Gasteiger partial charge in [-0.3, -0.25) is 4.90 Å². The largest absolute Gasteiger partial charge is 0.487 e. The van der Waals surface area contributed by atoms with Crippen LogP contribution in [0.1, 0.15) is 29.7 Å². The SMILES string of the molecule is CCOC(=O)C1=C(COc2ccc(F)cc2)N(C)C(=O)NC1c1ccc(C)cc1C. The summed E-state index contributed by atoms with van der Waals surface area (Å²) in [6.07, 6.45) is 0. The number of carbonyl (C=O) groups is 2. The summed E-state index contributed by atoms with van der Waals surface area (Å²) in [5.41, 5.74) is 3.55. The van der Waals surface area contributed by atoms with Gasteiger partial charge in [0.15, 0.2) is 0 Å². The van der Waals surface area contributed by atoms with E-state index >= 15 is 0 Å². The second kappa shape index (κ2) is 8.98. The quantitative estimate of drug-likeness (QED) is 0.728. The van der Waals surface area contributed by atoms with Crippen LogP contribution in [0.5, 0.6) is 5.75 Å². The average molecular weight is 412 g/mol. The second-order valence-corrected chi connectivity index (χ2v) is 7.12. The molecule has 1 unspecified atom stereocenters. The van der Waals surface area contributed by atoms with Crippen LogP contribution >= 0.6 is 0 Å². The van der Waals surface area contributed by atoms with E-state index in [2.05, 4.69) is 5.32 Å². The molecule has 2 aromatic carbocycles. The maximum atomic E-state index is 13.2. The number of hydrogen-bond acceptors (Lipinski definition) is 4. The lowest BCUT2D eigenvalue weighted by molar-refractivity contribution is -0.139. The molecule has 1 aliphatic rings. The molecule has 2 amide bonds. The van der Waals surface area contributed by atoms with Crippen molar-refractivity contribution in [3.8, 4) is 5.75 Å². The third-order valence-corrected chi connectivity index (χ3v) is 5.00. The molecule has 7 heteroatoms. The molecule has 0 bridgehead atoms. The first kappa shape index (κ1) is 21.4. The van der Waals surface area contributed by atoms with E-state index in [1.54, 1.807) is 14.0 Å². The molecule has 158 valence electrons. The van der Waals surface area contributed by atoms with Crippen LogP contribution < -0.4 is 10.1 Å². The number of esters is 1. The minimum atomic E-state index is -0.667. The Morgan fingerprint density at radius 1 is 1.17 bits per heavy atom. The van der Waals surface area contributed by atoms with E-state index in [9.17, 15) is 14.0 Å². The molecule has 0 aliphatic carbocycles. The van der Waals surface area contributed by atoms with Gasteiger partial charge in [0.2, 0.25) is 0 Å². The van der Waals surface area contributed by atoms with Crippen molar-refractivity contribution in [1.29, 1.82) is 0 Å². The highest BCUT2D eigenvalue weighted by Crippen LogP contribution is 2.33. The molecule has 0 fully saturated rings. The van der Waals surface area contributed by atoms with E-state index in [1.165, 1.54) is 29.2 Å². The van der Waals surface area contributed by atoms with Crippen molar-refractivity contribution in [2.75, 3.05) is 20.3 Å². The monoisotopic (exact) mass is 412 g/mol. The molecule has 1 heterocycles. The number of carbonyl (C=O) groups excluding carboxylic acids is 2. The zero-order chi connectivity index (χ0) is 21.8. The van der Waals surface area contributed by atoms with E-state index in [0.29, 0.717) is 17.0 Å². The van der Waals surface area contributed by atoms with Gasteiger partial charge in [0.1, 0.15) is 18.2 Å². The minimum absolute atomic E-state index is 0.0505. The predicted molar refractivity (Wildman–Crippen MR) is 111 cm³/mol. The highest BCUT2D eigenvalue weighted by molar-refractivity contribution is 5.95. The number of rotatable bonds is 6. The van der Waals surface area contributed by atoms with Crippen molar-refractivity contribution in [1.82, 2.24) is 10.2 Å². The molecular weight excluding hydrogens is 387 g/mol. The third-order valence-electron chi connectivity index (χ3n) is 5.00. The first-order valence-electron chi connectivity index (χ1n) is 9.71. The molecule has 0 radical (unpaired) electrons. The summed E-state index contributed by atoms with van der Waals surface area (Å²) >= 11 is 0. The number of ether oxygens (including phenoxy) is 2. The Hall–Kier alpha value is -3.35. The van der Waals surface area contributed by atoms with Gasteiger partial charge in [0.05, 0.1) is 23.9 Å². The zero-order valence-electron chi connectivity index (χ0n) is 17.5. The Labute approximate surface area is 175 Å². The van der Waals surface area contributed by atoms with Gasteiger partial charge < -0.3 is 14.8 Å². The van der Waals surface area contributed by atoms with Crippen LogP contribution in [0.25, 0.3) is 0 Å². The molecule has 1 N–H and O–H groups in total. The van der Waals surface area contributed by atoms with Gasteiger partial charge in [0.25, 0.3) is 0 Å². The van der Waals surface area contributed by atoms with Crippen molar-refractivity contribution in [2.45, 2.75) is 26.8 Å². The topological polar surface area (TPSA) is 67.9 Å². The molecule has 0 aromatic heterocycles. The van der Waals surface area contributed by atoms with Crippen LogP contribution in [-0.4, -0.2) is 37.2 Å². The Bertz CT molecular complexity index is 985. The normalized spacial score (nSPS) is 16.4. The highest BCUT2D eigenvalue weighted by Gasteiger charge is 2.37. The number of amides is 2. The van der Waals surface area contributed by atoms with Crippen LogP contribution in [0.4, 0.5) is 9.18 Å². The predicted octanol–water partition coefficient (Wildman–Crippen LogP) is 4.03. The lowest BCUT2D eigenvalue weighted by atomic mass is 9.91. The van der Waals surface area contributed by atoms with Crippen molar-refractivity contribution in [3.63, 3.8) is 0 Å². The van der Waals surface area contributed by atoms with Gasteiger partial charge in [-0.15, -0.1) is 0 Å². The number of nitrogens with one attached hydrogen (secondary N) is 1. The lowest BCUT2D eigenvalue weighted by Crippen LogP contribution is -2.48. The molecule has 6 nitrogen and oxygen atoms in total. The highest BCUT2D eigenvalue weighted by atomic mass is 19.1. The maximum absolute atomic E-state index is 13.2. The number of urea groups is 1. The summed E-state index contributed by atoms with van der Waals surface area (Å²) in [5.74, 6) is -0.473. The summed E-state index contributed by atoms with van der Waals surface area (Å²) in [4.78, 5) is 26.9. The van der Waals surface area contributed by atoms with Crippen molar-refractivity contribution in [3.05, 3.63) is 76.2 Å². The number of aryl methyl sites for hydroxylation is 2. The smallest absolute Gasteiger partial charge is 0.338 e. The standard InChI is InChI=1S/C23H25FN2O4/c1-5-29-22(27)20-19(13-30-17-9-7-16(24)8-10-17)26(4)23(28)25-21(20)18-11-6-14(2)12-15(18)3/h6-12,21H,5,13H2,1-4H3,(H,25,28). The molecule has 0 spiro atoms. The summed E-state index contributed by atoms with van der Waals surface area (Å²) in [6.45, 7) is 5.79. The average Bonchev–Trinajstić information content (AvgIpc) is 2.70. The van der Waals surface area contributed by atoms with Gasteiger partial charge >= 0.3 is 12.0 Å². The molecule has 0 saturated heterocycles. The Kier molecular flexibility index (Phi) is 6.40. The van der Waals surface area contributed by atoms with E-state index < -0.39 is 12.0 Å². The number of nitrogens with zero attached hydrogens (tertiary/aromatic N) is 1. The number of benzene rings is 2. The fraction of sp³-hybridized carbons (Fsp3) is 0.304. The fourth-order valence-corrected chi connectivity index (χ4v) is 3.45. The Balaban J connectivity index is 2.05. The van der Waals surface area contributed by atoms with Gasteiger partial charge in [-0.05, 0) is 56.2 Å². The summed E-state index contributed by atoms with van der Waals surface area (Å²) in [5, 5.41) is 2.89. The van der Waals surface area contributed by atoms with Gasteiger partial charge in [0, 0.05) is 7.05 Å². The van der Waals surface area contributed by atoms with Crippen LogP contribution in [0.2, 0.25) is 0 Å². The summed E-state index contributed by atoms with van der Waals surface area (Å²) in [6, 6.07) is 10.4. The van der Waals surface area contributed by atoms with Crippen LogP contribution in [-0.2, 0) is 9.53 Å². The van der Waals surface area contributed by atoms with Crippen molar-refractivity contribution in [2.24, 2.45) is 0 Å². The first-order chi connectivity index (χ1) is 14.3. The molecular formula is C23H25FN2O4. The van der Waals surface area contributed by atoms with Crippen LogP contribution in [0.15, 0.2) is 53.7 Å². The Morgan fingerprint density at radius 3 is 2.50 bits per heavy atom. The molecule has 2 aromatic rings. The number of likely N-dealkylation sites (N-methyl/N-ethyl adjacent to an activating group) is 1. The van der Waals surface area contributed by atoms with E-state index in [1.807, 2.05) is 32.0 Å². The van der Waals surface area contributed by atoms with Crippen LogP contribution in [0.3, 0.4) is 0 Å². The van der Waals surface area contributed by atoms with Gasteiger partial charge in [-0.25, -0.2) is 14.0 Å². The van der Waals surface area contributed by atoms with E-state index in [0.717, 1.165) is 16.7 Å². The Morgan fingerprint density at radius 2 is 1.87 bits per heavy atom. The fourth-order valence-electron chi connectivity index (χ4n) is 3.45. The molecule has 3 rings (SSSR count). The van der Waals surface area contributed by atoms with Crippen LogP contribution in [0, 0.1) is 19.7 Å². The lowest BCUT2D eigenvalue weighted by Gasteiger charge is -2.35. The van der Waals surface area contributed by atoms with E-state index in [-0.39, 0.29) is 25.1 Å². The van der Waals surface area contributed by atoms with Crippen molar-refractivity contribution >= 4 is 12.0 Å². The molecule has 30 heavy (non-hydrogen) atoms. The number of halogens is 1. The second-order valence-electron chi connectivity index (χ2n) is 7.12. The molecule has 1 aliphatic heterocycles. The van der Waals surface area contributed by atoms with Gasteiger partial charge in [-0.2, -0.15) is 0 Å². The zero-order valence-corrected chi connectivity index (χ0v) is 17.5. The maximum Gasteiger partial charge on any atom is 0.338 e. The van der Waals surface area contributed by atoms with Gasteiger partial charge in [-0.1, -0.05) is 23.8 Å². The minimum Gasteiger partial charge on any atom is -0.487 e. The molecule has 0 saturated carbocycles.